The highest BCUT2D eigenvalue weighted by atomic mass is 16.6. The number of unbranched alkanes of at least 4 members (excludes halogenated alkanes) is 34. The molecule has 1 atom stereocenters. The first-order valence-corrected chi connectivity index (χ1v) is 24.5. The first kappa shape index (κ1) is 53.4. The minimum Gasteiger partial charge on any atom is -0.462 e. The number of rotatable bonds is 45. The molecule has 0 saturated heterocycles. The van der Waals surface area contributed by atoms with Crippen LogP contribution in [0.25, 0.3) is 0 Å². The zero-order valence-electron chi connectivity index (χ0n) is 37.2. The van der Waals surface area contributed by atoms with Crippen LogP contribution in [0.1, 0.15) is 278 Å². The fourth-order valence-corrected chi connectivity index (χ4v) is 7.38. The summed E-state index contributed by atoms with van der Waals surface area (Å²) in [6.07, 6.45) is 46.6. The highest BCUT2D eigenvalue weighted by Gasteiger charge is 2.19. The molecular weight excluding hydrogens is 685 g/mol. The Morgan fingerprint density at radius 2 is 0.491 bits per heavy atom. The summed E-state index contributed by atoms with van der Waals surface area (Å²) in [5, 5.41) is 0. The second-order valence-corrected chi connectivity index (χ2v) is 16.7. The van der Waals surface area contributed by atoms with Crippen LogP contribution in [0.5, 0.6) is 0 Å². The SMILES string of the molecule is CCCCCCCCCCCCCCCCCCCC(=O)OCC(COC(=O)CCCCCCCCCCC)OC(=O)CCCCCCCCCCCCC. The molecule has 0 aliphatic rings. The zero-order valence-corrected chi connectivity index (χ0v) is 37.2. The second-order valence-electron chi connectivity index (χ2n) is 16.7. The largest absolute Gasteiger partial charge is 0.462 e. The molecule has 6 heteroatoms. The van der Waals surface area contributed by atoms with Gasteiger partial charge in [-0.2, -0.15) is 0 Å². The fourth-order valence-electron chi connectivity index (χ4n) is 7.38. The maximum atomic E-state index is 12.7. The van der Waals surface area contributed by atoms with E-state index in [1.54, 1.807) is 0 Å². The molecule has 0 N–H and O–H groups in total. The van der Waals surface area contributed by atoms with Gasteiger partial charge in [0, 0.05) is 19.3 Å². The third-order valence-corrected chi connectivity index (χ3v) is 11.1. The van der Waals surface area contributed by atoms with Gasteiger partial charge >= 0.3 is 17.9 Å². The third-order valence-electron chi connectivity index (χ3n) is 11.1. The van der Waals surface area contributed by atoms with Gasteiger partial charge in [-0.3, -0.25) is 14.4 Å². The average Bonchev–Trinajstić information content (AvgIpc) is 3.18. The molecule has 55 heavy (non-hydrogen) atoms. The third kappa shape index (κ3) is 43.4. The lowest BCUT2D eigenvalue weighted by Crippen LogP contribution is -2.30. The van der Waals surface area contributed by atoms with Crippen molar-refractivity contribution in [3.63, 3.8) is 0 Å². The fraction of sp³-hybridized carbons (Fsp3) is 0.939. The van der Waals surface area contributed by atoms with Crippen LogP contribution in [0, 0.1) is 0 Å². The van der Waals surface area contributed by atoms with Crippen molar-refractivity contribution in [2.75, 3.05) is 13.2 Å². The van der Waals surface area contributed by atoms with E-state index < -0.39 is 6.10 Å². The topological polar surface area (TPSA) is 78.9 Å². The molecule has 0 aliphatic heterocycles. The first-order valence-electron chi connectivity index (χ1n) is 24.5. The number of ether oxygens (including phenoxy) is 3. The summed E-state index contributed by atoms with van der Waals surface area (Å²) in [7, 11) is 0. The van der Waals surface area contributed by atoms with Crippen LogP contribution in [0.2, 0.25) is 0 Å². The maximum Gasteiger partial charge on any atom is 0.306 e. The minimum absolute atomic E-state index is 0.0624. The normalized spacial score (nSPS) is 11.8. The van der Waals surface area contributed by atoms with Gasteiger partial charge in [-0.1, -0.05) is 239 Å². The summed E-state index contributed by atoms with van der Waals surface area (Å²) in [5.41, 5.74) is 0. The van der Waals surface area contributed by atoms with Gasteiger partial charge in [0.05, 0.1) is 0 Å². The predicted molar refractivity (Wildman–Crippen MR) is 233 cm³/mol. The molecule has 0 saturated carbocycles. The van der Waals surface area contributed by atoms with Gasteiger partial charge in [0.1, 0.15) is 13.2 Å². The average molecular weight is 779 g/mol. The van der Waals surface area contributed by atoms with Gasteiger partial charge in [0.15, 0.2) is 6.10 Å². The Morgan fingerprint density at radius 1 is 0.291 bits per heavy atom. The Morgan fingerprint density at radius 3 is 0.727 bits per heavy atom. The standard InChI is InChI=1S/C49H94O6/c1-4-7-10-13-16-19-21-22-23-24-25-26-28-30-33-36-39-42-48(51)54-45-46(44-53-47(50)41-38-35-32-29-18-15-12-9-6-3)55-49(52)43-40-37-34-31-27-20-17-14-11-8-5-2/h46H,4-45H2,1-3H3. The lowest BCUT2D eigenvalue weighted by molar-refractivity contribution is -0.167. The first-order chi connectivity index (χ1) is 27.0. The van der Waals surface area contributed by atoms with E-state index in [0.29, 0.717) is 19.3 Å². The monoisotopic (exact) mass is 779 g/mol. The quantitative estimate of drug-likeness (QED) is 0.0348. The van der Waals surface area contributed by atoms with Gasteiger partial charge in [-0.25, -0.2) is 0 Å². The lowest BCUT2D eigenvalue weighted by Gasteiger charge is -2.18. The lowest BCUT2D eigenvalue weighted by atomic mass is 10.0. The molecule has 0 aromatic rings. The van der Waals surface area contributed by atoms with Crippen molar-refractivity contribution in [2.24, 2.45) is 0 Å². The van der Waals surface area contributed by atoms with Crippen LogP contribution in [0.3, 0.4) is 0 Å². The van der Waals surface area contributed by atoms with Crippen LogP contribution < -0.4 is 0 Å². The van der Waals surface area contributed by atoms with Gasteiger partial charge in [0.25, 0.3) is 0 Å². The molecule has 0 aromatic carbocycles. The van der Waals surface area contributed by atoms with Crippen LogP contribution in [0.4, 0.5) is 0 Å². The van der Waals surface area contributed by atoms with Crippen molar-refractivity contribution in [3.8, 4) is 0 Å². The number of esters is 3. The summed E-state index contributed by atoms with van der Waals surface area (Å²) >= 11 is 0. The van der Waals surface area contributed by atoms with Crippen molar-refractivity contribution in [1.29, 1.82) is 0 Å². The molecule has 0 aliphatic carbocycles. The summed E-state index contributed by atoms with van der Waals surface area (Å²) in [6.45, 7) is 6.64. The molecule has 0 aromatic heterocycles. The van der Waals surface area contributed by atoms with E-state index in [4.69, 9.17) is 14.2 Å². The summed E-state index contributed by atoms with van der Waals surface area (Å²) in [6, 6.07) is 0. The van der Waals surface area contributed by atoms with E-state index in [9.17, 15) is 14.4 Å². The van der Waals surface area contributed by atoms with E-state index in [1.165, 1.54) is 180 Å². The van der Waals surface area contributed by atoms with Crippen molar-refractivity contribution in [3.05, 3.63) is 0 Å². The van der Waals surface area contributed by atoms with Crippen molar-refractivity contribution < 1.29 is 28.6 Å². The predicted octanol–water partition coefficient (Wildman–Crippen LogP) is 15.6. The van der Waals surface area contributed by atoms with Crippen LogP contribution in [0.15, 0.2) is 0 Å². The highest BCUT2D eigenvalue weighted by Crippen LogP contribution is 2.16. The smallest absolute Gasteiger partial charge is 0.306 e. The molecule has 0 radical (unpaired) electrons. The minimum atomic E-state index is -0.758. The summed E-state index contributed by atoms with van der Waals surface area (Å²) in [4.78, 5) is 37.7. The van der Waals surface area contributed by atoms with E-state index >= 15 is 0 Å². The molecule has 6 nitrogen and oxygen atoms in total. The number of hydrogen-bond acceptors (Lipinski definition) is 6. The maximum absolute atomic E-state index is 12.7. The van der Waals surface area contributed by atoms with Crippen LogP contribution >= 0.6 is 0 Å². The number of carbonyl (C=O) groups excluding carboxylic acids is 3. The number of carbonyl (C=O) groups is 3. The van der Waals surface area contributed by atoms with E-state index in [0.717, 1.165) is 57.8 Å². The summed E-state index contributed by atoms with van der Waals surface area (Å²) < 4.78 is 16.7. The van der Waals surface area contributed by atoms with Gasteiger partial charge in [-0.05, 0) is 19.3 Å². The Bertz CT molecular complexity index is 813. The zero-order chi connectivity index (χ0) is 40.1. The van der Waals surface area contributed by atoms with Crippen molar-refractivity contribution >= 4 is 17.9 Å². The van der Waals surface area contributed by atoms with E-state index in [1.807, 2.05) is 0 Å². The molecule has 0 heterocycles. The molecule has 0 spiro atoms. The molecule has 0 fully saturated rings. The molecule has 0 rings (SSSR count). The molecule has 1 unspecified atom stereocenters. The van der Waals surface area contributed by atoms with Crippen LogP contribution in [-0.2, 0) is 28.6 Å². The molecule has 0 bridgehead atoms. The van der Waals surface area contributed by atoms with Gasteiger partial charge in [0.2, 0.25) is 0 Å². The van der Waals surface area contributed by atoms with Crippen molar-refractivity contribution in [2.45, 2.75) is 284 Å². The highest BCUT2D eigenvalue weighted by molar-refractivity contribution is 5.71. The Kier molecular flexibility index (Phi) is 43.8. The van der Waals surface area contributed by atoms with Crippen molar-refractivity contribution in [1.82, 2.24) is 0 Å². The second kappa shape index (κ2) is 45.1. The Labute approximate surface area is 342 Å². The van der Waals surface area contributed by atoms with Gasteiger partial charge in [-0.15, -0.1) is 0 Å². The molecule has 326 valence electrons. The van der Waals surface area contributed by atoms with E-state index in [-0.39, 0.29) is 31.1 Å². The Hall–Kier alpha value is -1.59. The Balaban J connectivity index is 4.23. The van der Waals surface area contributed by atoms with Gasteiger partial charge < -0.3 is 14.2 Å². The summed E-state index contributed by atoms with van der Waals surface area (Å²) in [5.74, 6) is -0.849. The van der Waals surface area contributed by atoms with E-state index in [2.05, 4.69) is 20.8 Å². The van der Waals surface area contributed by atoms with Crippen LogP contribution in [-0.4, -0.2) is 37.2 Å². The molecular formula is C49H94O6. The molecule has 0 amide bonds. The number of hydrogen-bond donors (Lipinski definition) is 0.